The van der Waals surface area contributed by atoms with E-state index in [1.165, 1.54) is 0 Å². The number of likely N-dealkylation sites (N-methyl/N-ethyl adjacent to an activating group) is 1. The van der Waals surface area contributed by atoms with Crippen molar-refractivity contribution < 1.29 is 9.90 Å². The molecule has 0 aliphatic carbocycles. The van der Waals surface area contributed by atoms with Crippen LogP contribution in [0.1, 0.15) is 18.9 Å². The Morgan fingerprint density at radius 2 is 2.00 bits per heavy atom. The summed E-state index contributed by atoms with van der Waals surface area (Å²) in [7, 11) is 0. The average Bonchev–Trinajstić information content (AvgIpc) is 2.33. The highest BCUT2D eigenvalue weighted by Gasteiger charge is 2.11. The number of aliphatic hydroxyl groups is 1. The molecule has 3 nitrogen and oxygen atoms in total. The standard InChI is InChI=1S/C13H18BrNO2/c1-2-15(8-3-9-16)13(17)10-11-4-6-12(14)7-5-11/h4-7,16H,2-3,8-10H2,1H3. The third kappa shape index (κ3) is 4.88. The summed E-state index contributed by atoms with van der Waals surface area (Å²) in [5, 5.41) is 8.77. The molecular weight excluding hydrogens is 282 g/mol. The van der Waals surface area contributed by atoms with Crippen LogP contribution in [0.25, 0.3) is 0 Å². The molecule has 1 amide bonds. The molecule has 1 N–H and O–H groups in total. The molecule has 0 aliphatic heterocycles. The zero-order chi connectivity index (χ0) is 12.7. The smallest absolute Gasteiger partial charge is 0.226 e. The van der Waals surface area contributed by atoms with Gasteiger partial charge in [0.2, 0.25) is 5.91 Å². The van der Waals surface area contributed by atoms with Crippen LogP contribution in [0.15, 0.2) is 28.7 Å². The molecule has 0 fully saturated rings. The van der Waals surface area contributed by atoms with Crippen LogP contribution in [-0.4, -0.2) is 35.6 Å². The van der Waals surface area contributed by atoms with E-state index in [4.69, 9.17) is 5.11 Å². The number of halogens is 1. The molecule has 0 aromatic heterocycles. The molecule has 0 spiro atoms. The number of rotatable bonds is 6. The fourth-order valence-corrected chi connectivity index (χ4v) is 1.87. The maximum atomic E-state index is 12.0. The van der Waals surface area contributed by atoms with E-state index in [1.807, 2.05) is 31.2 Å². The first-order chi connectivity index (χ1) is 8.17. The second-order valence-corrected chi connectivity index (χ2v) is 4.77. The van der Waals surface area contributed by atoms with Crippen molar-refractivity contribution in [3.05, 3.63) is 34.3 Å². The Balaban J connectivity index is 2.54. The summed E-state index contributed by atoms with van der Waals surface area (Å²) in [4.78, 5) is 13.7. The average molecular weight is 300 g/mol. The monoisotopic (exact) mass is 299 g/mol. The van der Waals surface area contributed by atoms with Gasteiger partial charge in [-0.2, -0.15) is 0 Å². The number of hydrogen-bond acceptors (Lipinski definition) is 2. The van der Waals surface area contributed by atoms with E-state index in [1.54, 1.807) is 4.90 Å². The molecule has 1 rings (SSSR count). The number of carbonyl (C=O) groups is 1. The van der Waals surface area contributed by atoms with E-state index in [-0.39, 0.29) is 12.5 Å². The minimum absolute atomic E-state index is 0.114. The minimum Gasteiger partial charge on any atom is -0.396 e. The molecule has 4 heteroatoms. The lowest BCUT2D eigenvalue weighted by molar-refractivity contribution is -0.130. The summed E-state index contributed by atoms with van der Waals surface area (Å²) in [6.07, 6.45) is 1.06. The predicted octanol–water partition coefficient (Wildman–Crippen LogP) is 2.22. The van der Waals surface area contributed by atoms with E-state index in [0.717, 1.165) is 10.0 Å². The van der Waals surface area contributed by atoms with Gasteiger partial charge < -0.3 is 10.0 Å². The van der Waals surface area contributed by atoms with Crippen molar-refractivity contribution in [2.45, 2.75) is 19.8 Å². The van der Waals surface area contributed by atoms with Crippen LogP contribution in [0.2, 0.25) is 0 Å². The molecule has 94 valence electrons. The third-order valence-electron chi connectivity index (χ3n) is 2.59. The normalized spacial score (nSPS) is 10.3. The molecule has 0 aliphatic rings. The first kappa shape index (κ1) is 14.2. The van der Waals surface area contributed by atoms with Gasteiger partial charge in [0.15, 0.2) is 0 Å². The predicted molar refractivity (Wildman–Crippen MR) is 71.8 cm³/mol. The van der Waals surface area contributed by atoms with E-state index in [2.05, 4.69) is 15.9 Å². The van der Waals surface area contributed by atoms with Gasteiger partial charge in [0.25, 0.3) is 0 Å². The van der Waals surface area contributed by atoms with Crippen molar-refractivity contribution in [2.75, 3.05) is 19.7 Å². The molecule has 17 heavy (non-hydrogen) atoms. The lowest BCUT2D eigenvalue weighted by atomic mass is 10.1. The fourth-order valence-electron chi connectivity index (χ4n) is 1.61. The lowest BCUT2D eigenvalue weighted by Crippen LogP contribution is -2.33. The quantitative estimate of drug-likeness (QED) is 0.875. The van der Waals surface area contributed by atoms with Gasteiger partial charge in [-0.3, -0.25) is 4.79 Å². The Kier molecular flexibility index (Phi) is 6.22. The van der Waals surface area contributed by atoms with Gasteiger partial charge in [-0.25, -0.2) is 0 Å². The Morgan fingerprint density at radius 3 is 2.53 bits per heavy atom. The van der Waals surface area contributed by atoms with Gasteiger partial charge >= 0.3 is 0 Å². The molecule has 0 radical (unpaired) electrons. The zero-order valence-electron chi connectivity index (χ0n) is 10.0. The minimum atomic E-state index is 0.114. The van der Waals surface area contributed by atoms with Gasteiger partial charge in [0.1, 0.15) is 0 Å². The van der Waals surface area contributed by atoms with Gasteiger partial charge in [-0.05, 0) is 31.0 Å². The van der Waals surface area contributed by atoms with Crippen LogP contribution in [0, 0.1) is 0 Å². The lowest BCUT2D eigenvalue weighted by Gasteiger charge is -2.20. The van der Waals surface area contributed by atoms with Crippen molar-refractivity contribution in [1.29, 1.82) is 0 Å². The maximum absolute atomic E-state index is 12.0. The zero-order valence-corrected chi connectivity index (χ0v) is 11.6. The molecule has 0 atom stereocenters. The van der Waals surface area contributed by atoms with Crippen molar-refractivity contribution in [2.24, 2.45) is 0 Å². The van der Waals surface area contributed by atoms with Gasteiger partial charge in [0, 0.05) is 24.2 Å². The highest BCUT2D eigenvalue weighted by molar-refractivity contribution is 9.10. The van der Waals surface area contributed by atoms with E-state index in [0.29, 0.717) is 25.9 Å². The Bertz CT molecular complexity index is 351. The second-order valence-electron chi connectivity index (χ2n) is 3.85. The number of hydrogen-bond donors (Lipinski definition) is 1. The molecule has 1 aromatic rings. The van der Waals surface area contributed by atoms with E-state index < -0.39 is 0 Å². The van der Waals surface area contributed by atoms with Crippen LogP contribution in [0.4, 0.5) is 0 Å². The van der Waals surface area contributed by atoms with Crippen LogP contribution in [0.5, 0.6) is 0 Å². The number of nitrogens with zero attached hydrogens (tertiary/aromatic N) is 1. The van der Waals surface area contributed by atoms with Crippen molar-refractivity contribution in [3.63, 3.8) is 0 Å². The summed E-state index contributed by atoms with van der Waals surface area (Å²) in [5.41, 5.74) is 1.01. The summed E-state index contributed by atoms with van der Waals surface area (Å²) in [6, 6.07) is 7.77. The van der Waals surface area contributed by atoms with Gasteiger partial charge in [0.05, 0.1) is 6.42 Å². The molecule has 0 bridgehead atoms. The van der Waals surface area contributed by atoms with E-state index >= 15 is 0 Å². The summed E-state index contributed by atoms with van der Waals surface area (Å²) >= 11 is 3.37. The fraction of sp³-hybridized carbons (Fsp3) is 0.462. The summed E-state index contributed by atoms with van der Waals surface area (Å²) < 4.78 is 1.02. The van der Waals surface area contributed by atoms with Crippen LogP contribution in [-0.2, 0) is 11.2 Å². The Labute approximate surface area is 111 Å². The third-order valence-corrected chi connectivity index (χ3v) is 3.12. The summed E-state index contributed by atoms with van der Waals surface area (Å²) in [6.45, 7) is 3.40. The van der Waals surface area contributed by atoms with Crippen molar-refractivity contribution in [3.8, 4) is 0 Å². The Morgan fingerprint density at radius 1 is 1.35 bits per heavy atom. The van der Waals surface area contributed by atoms with Crippen LogP contribution >= 0.6 is 15.9 Å². The highest BCUT2D eigenvalue weighted by Crippen LogP contribution is 2.11. The van der Waals surface area contributed by atoms with Crippen LogP contribution in [0.3, 0.4) is 0 Å². The van der Waals surface area contributed by atoms with Gasteiger partial charge in [-0.15, -0.1) is 0 Å². The molecule has 0 heterocycles. The Hall–Kier alpha value is -0.870. The second kappa shape index (κ2) is 7.45. The van der Waals surface area contributed by atoms with Crippen LogP contribution < -0.4 is 0 Å². The molecular formula is C13H18BrNO2. The first-order valence-electron chi connectivity index (χ1n) is 5.80. The first-order valence-corrected chi connectivity index (χ1v) is 6.59. The number of aliphatic hydroxyl groups excluding tert-OH is 1. The molecule has 0 saturated heterocycles. The highest BCUT2D eigenvalue weighted by atomic mass is 79.9. The molecule has 0 unspecified atom stereocenters. The topological polar surface area (TPSA) is 40.5 Å². The molecule has 1 aromatic carbocycles. The van der Waals surface area contributed by atoms with Crippen molar-refractivity contribution in [1.82, 2.24) is 4.90 Å². The van der Waals surface area contributed by atoms with Crippen molar-refractivity contribution >= 4 is 21.8 Å². The summed E-state index contributed by atoms with van der Waals surface area (Å²) in [5.74, 6) is 0.114. The number of carbonyl (C=O) groups excluding carboxylic acids is 1. The number of benzene rings is 1. The molecule has 0 saturated carbocycles. The maximum Gasteiger partial charge on any atom is 0.226 e. The SMILES string of the molecule is CCN(CCCO)C(=O)Cc1ccc(Br)cc1. The number of amides is 1. The van der Waals surface area contributed by atoms with Gasteiger partial charge in [-0.1, -0.05) is 28.1 Å². The van der Waals surface area contributed by atoms with E-state index in [9.17, 15) is 4.79 Å². The largest absolute Gasteiger partial charge is 0.396 e.